The Labute approximate surface area is 127 Å². The molecule has 0 spiro atoms. The lowest BCUT2D eigenvalue weighted by Crippen LogP contribution is -2.20. The van der Waals surface area contributed by atoms with Gasteiger partial charge in [0.05, 0.1) is 12.8 Å². The van der Waals surface area contributed by atoms with Crippen LogP contribution in [0.25, 0.3) is 0 Å². The molecule has 4 nitrogen and oxygen atoms in total. The summed E-state index contributed by atoms with van der Waals surface area (Å²) in [5, 5.41) is 4.19. The number of ether oxygens (including phenoxy) is 1. The van der Waals surface area contributed by atoms with Gasteiger partial charge in [-0.2, -0.15) is 5.10 Å². The number of hydrogen-bond donors (Lipinski definition) is 0. The molecule has 2 aromatic rings. The van der Waals surface area contributed by atoms with Crippen LogP contribution < -0.4 is 4.74 Å². The van der Waals surface area contributed by atoms with Gasteiger partial charge in [0, 0.05) is 31.9 Å². The van der Waals surface area contributed by atoms with Crippen LogP contribution in [0.2, 0.25) is 0 Å². The van der Waals surface area contributed by atoms with Crippen LogP contribution in [0.4, 0.5) is 0 Å². The molecule has 0 aliphatic carbocycles. The van der Waals surface area contributed by atoms with Gasteiger partial charge in [0.2, 0.25) is 0 Å². The Morgan fingerprint density at radius 1 is 1.29 bits per heavy atom. The predicted octanol–water partition coefficient (Wildman–Crippen LogP) is 2.88. The average Bonchev–Trinajstić information content (AvgIpc) is 2.89. The van der Waals surface area contributed by atoms with Crippen molar-refractivity contribution in [3.05, 3.63) is 47.8 Å². The highest BCUT2D eigenvalue weighted by Gasteiger charge is 2.02. The van der Waals surface area contributed by atoms with Crippen molar-refractivity contribution in [2.45, 2.75) is 26.3 Å². The van der Waals surface area contributed by atoms with Gasteiger partial charge >= 0.3 is 0 Å². The number of rotatable bonds is 8. The molecule has 0 aliphatic rings. The maximum absolute atomic E-state index is 5.81. The quantitative estimate of drug-likeness (QED) is 0.699. The molecule has 0 amide bonds. The summed E-state index contributed by atoms with van der Waals surface area (Å²) < 4.78 is 7.65. The van der Waals surface area contributed by atoms with Gasteiger partial charge in [-0.15, -0.1) is 0 Å². The van der Waals surface area contributed by atoms with Crippen LogP contribution in [-0.4, -0.2) is 34.9 Å². The summed E-state index contributed by atoms with van der Waals surface area (Å²) in [6.45, 7) is 4.86. The van der Waals surface area contributed by atoms with E-state index in [2.05, 4.69) is 48.4 Å². The summed E-state index contributed by atoms with van der Waals surface area (Å²) >= 11 is 0. The lowest BCUT2D eigenvalue weighted by Gasteiger charge is -2.15. The Hall–Kier alpha value is -1.81. The van der Waals surface area contributed by atoms with Crippen molar-refractivity contribution < 1.29 is 4.74 Å². The molecule has 0 radical (unpaired) electrons. The van der Waals surface area contributed by atoms with Gasteiger partial charge in [0.25, 0.3) is 0 Å². The third kappa shape index (κ3) is 5.23. The monoisotopic (exact) mass is 287 g/mol. The number of aryl methyl sites for hydroxylation is 2. The van der Waals surface area contributed by atoms with Gasteiger partial charge in [-0.05, 0) is 37.6 Å². The second kappa shape index (κ2) is 7.84. The van der Waals surface area contributed by atoms with Crippen LogP contribution in [0, 0.1) is 0 Å². The van der Waals surface area contributed by atoms with Crippen molar-refractivity contribution in [2.75, 3.05) is 20.2 Å². The second-order valence-electron chi connectivity index (χ2n) is 5.46. The molecule has 0 saturated carbocycles. The van der Waals surface area contributed by atoms with Crippen molar-refractivity contribution >= 4 is 0 Å². The highest BCUT2D eigenvalue weighted by Crippen LogP contribution is 2.14. The van der Waals surface area contributed by atoms with Gasteiger partial charge in [0.1, 0.15) is 5.75 Å². The first-order chi connectivity index (χ1) is 10.2. The fourth-order valence-electron chi connectivity index (χ4n) is 2.32. The van der Waals surface area contributed by atoms with Crippen molar-refractivity contribution in [3.63, 3.8) is 0 Å². The predicted molar refractivity (Wildman–Crippen MR) is 85.5 cm³/mol. The van der Waals surface area contributed by atoms with Gasteiger partial charge in [-0.3, -0.25) is 4.68 Å². The molecular formula is C17H25N3O. The van der Waals surface area contributed by atoms with Crippen molar-refractivity contribution in [3.8, 4) is 5.75 Å². The van der Waals surface area contributed by atoms with E-state index in [9.17, 15) is 0 Å². The number of benzene rings is 1. The molecule has 21 heavy (non-hydrogen) atoms. The Morgan fingerprint density at radius 2 is 2.14 bits per heavy atom. The molecule has 114 valence electrons. The van der Waals surface area contributed by atoms with E-state index in [4.69, 9.17) is 4.74 Å². The van der Waals surface area contributed by atoms with Gasteiger partial charge in [-0.1, -0.05) is 19.1 Å². The van der Waals surface area contributed by atoms with E-state index < -0.39 is 0 Å². The van der Waals surface area contributed by atoms with Gasteiger partial charge < -0.3 is 9.64 Å². The highest BCUT2D eigenvalue weighted by atomic mass is 16.5. The summed E-state index contributed by atoms with van der Waals surface area (Å²) in [6, 6.07) is 8.34. The zero-order valence-corrected chi connectivity index (χ0v) is 13.2. The minimum atomic E-state index is 0.755. The number of hydrogen-bond acceptors (Lipinski definition) is 3. The Bertz CT molecular complexity index is 550. The summed E-state index contributed by atoms with van der Waals surface area (Å²) in [7, 11) is 4.08. The second-order valence-corrected chi connectivity index (χ2v) is 5.46. The van der Waals surface area contributed by atoms with E-state index in [-0.39, 0.29) is 0 Å². The number of aromatic nitrogens is 2. The fraction of sp³-hybridized carbons (Fsp3) is 0.471. The number of nitrogens with zero attached hydrogens (tertiary/aromatic N) is 3. The van der Waals surface area contributed by atoms with Crippen LogP contribution in [0.1, 0.15) is 24.5 Å². The van der Waals surface area contributed by atoms with E-state index in [0.717, 1.165) is 38.3 Å². The molecule has 1 heterocycles. The lowest BCUT2D eigenvalue weighted by atomic mass is 10.2. The fourth-order valence-corrected chi connectivity index (χ4v) is 2.32. The molecule has 0 atom stereocenters. The molecule has 0 bridgehead atoms. The summed E-state index contributed by atoms with van der Waals surface area (Å²) in [5.74, 6) is 0.976. The molecule has 0 N–H and O–H groups in total. The van der Waals surface area contributed by atoms with Crippen LogP contribution in [0.5, 0.6) is 5.75 Å². The maximum Gasteiger partial charge on any atom is 0.119 e. The maximum atomic E-state index is 5.81. The SMILES string of the molecule is CCc1cccc(OCCCN(C)Cc2cnn(C)c2)c1. The van der Waals surface area contributed by atoms with Crippen LogP contribution in [0.15, 0.2) is 36.7 Å². The zero-order valence-electron chi connectivity index (χ0n) is 13.2. The Balaban J connectivity index is 1.66. The van der Waals surface area contributed by atoms with Gasteiger partial charge in [0.15, 0.2) is 0 Å². The normalized spacial score (nSPS) is 11.0. The molecule has 0 unspecified atom stereocenters. The van der Waals surface area contributed by atoms with E-state index in [0.29, 0.717) is 0 Å². The van der Waals surface area contributed by atoms with E-state index >= 15 is 0 Å². The highest BCUT2D eigenvalue weighted by molar-refractivity contribution is 5.28. The van der Waals surface area contributed by atoms with E-state index in [1.165, 1.54) is 11.1 Å². The molecule has 1 aromatic heterocycles. The van der Waals surface area contributed by atoms with E-state index in [1.807, 2.05) is 24.0 Å². The van der Waals surface area contributed by atoms with Crippen LogP contribution in [-0.2, 0) is 20.0 Å². The standard InChI is InChI=1S/C17H25N3O/c1-4-15-7-5-8-17(11-15)21-10-6-9-19(2)13-16-12-18-20(3)14-16/h5,7-8,11-12,14H,4,6,9-10,13H2,1-3H3. The molecular weight excluding hydrogens is 262 g/mol. The summed E-state index contributed by atoms with van der Waals surface area (Å²) in [5.41, 5.74) is 2.57. The summed E-state index contributed by atoms with van der Waals surface area (Å²) in [4.78, 5) is 2.29. The molecule has 2 rings (SSSR count). The first-order valence-electron chi connectivity index (χ1n) is 7.55. The molecule has 0 saturated heterocycles. The van der Waals surface area contributed by atoms with Crippen molar-refractivity contribution in [1.82, 2.24) is 14.7 Å². The average molecular weight is 287 g/mol. The van der Waals surface area contributed by atoms with Crippen molar-refractivity contribution in [1.29, 1.82) is 0 Å². The van der Waals surface area contributed by atoms with Crippen LogP contribution in [0.3, 0.4) is 0 Å². The molecule has 0 fully saturated rings. The van der Waals surface area contributed by atoms with Gasteiger partial charge in [-0.25, -0.2) is 0 Å². The third-order valence-electron chi connectivity index (χ3n) is 3.47. The first kappa shape index (κ1) is 15.6. The minimum absolute atomic E-state index is 0.755. The first-order valence-corrected chi connectivity index (χ1v) is 7.55. The largest absolute Gasteiger partial charge is 0.494 e. The molecule has 1 aromatic carbocycles. The Morgan fingerprint density at radius 3 is 2.86 bits per heavy atom. The minimum Gasteiger partial charge on any atom is -0.494 e. The van der Waals surface area contributed by atoms with E-state index in [1.54, 1.807) is 0 Å². The smallest absolute Gasteiger partial charge is 0.119 e. The van der Waals surface area contributed by atoms with Crippen LogP contribution >= 0.6 is 0 Å². The Kier molecular flexibility index (Phi) is 5.81. The molecule has 4 heteroatoms. The lowest BCUT2D eigenvalue weighted by molar-refractivity contribution is 0.258. The zero-order chi connectivity index (χ0) is 15.1. The topological polar surface area (TPSA) is 30.3 Å². The summed E-state index contributed by atoms with van der Waals surface area (Å²) in [6.07, 6.45) is 6.05. The molecule has 0 aliphatic heterocycles. The van der Waals surface area contributed by atoms with Crippen molar-refractivity contribution in [2.24, 2.45) is 7.05 Å². The third-order valence-corrected chi connectivity index (χ3v) is 3.47.